The van der Waals surface area contributed by atoms with Crippen LogP contribution in [0.1, 0.15) is 24.4 Å². The Labute approximate surface area is 175 Å². The minimum atomic E-state index is 0. The number of piperazine rings is 1. The van der Waals surface area contributed by atoms with Crippen molar-refractivity contribution in [3.63, 3.8) is 0 Å². The van der Waals surface area contributed by atoms with Gasteiger partial charge in [-0.3, -0.25) is 4.90 Å². The van der Waals surface area contributed by atoms with Crippen LogP contribution >= 0.6 is 72.6 Å². The van der Waals surface area contributed by atoms with Gasteiger partial charge in [0.2, 0.25) is 0 Å². The first-order valence-corrected chi connectivity index (χ1v) is 9.36. The van der Waals surface area contributed by atoms with Crippen LogP contribution in [0.3, 0.4) is 0 Å². The molecular weight excluding hydrogens is 535 g/mol. The lowest BCUT2D eigenvalue weighted by Gasteiger charge is -2.36. The van der Waals surface area contributed by atoms with E-state index in [4.69, 9.17) is 0 Å². The standard InChI is InChI=1S/C15H19Br3N2O.2ClH/c1-2-3-4-12(20-7-5-19-6-8-20)13-10(16)9-11(17)15(21)14(13)18;;/h2,9,12,19,21H,1,3-8H2;2*1H/t12-;;/m0../s1. The van der Waals surface area contributed by atoms with Gasteiger partial charge in [0.25, 0.3) is 0 Å². The molecule has 8 heteroatoms. The van der Waals surface area contributed by atoms with E-state index in [1.165, 1.54) is 0 Å². The summed E-state index contributed by atoms with van der Waals surface area (Å²) in [6.45, 7) is 7.86. The van der Waals surface area contributed by atoms with Crippen molar-refractivity contribution in [2.45, 2.75) is 18.9 Å². The molecule has 0 spiro atoms. The fourth-order valence-electron chi connectivity index (χ4n) is 2.68. The highest BCUT2D eigenvalue weighted by Crippen LogP contribution is 2.44. The van der Waals surface area contributed by atoms with E-state index >= 15 is 0 Å². The van der Waals surface area contributed by atoms with Crippen LogP contribution in [-0.2, 0) is 0 Å². The van der Waals surface area contributed by atoms with Gasteiger partial charge in [-0.2, -0.15) is 0 Å². The summed E-state index contributed by atoms with van der Waals surface area (Å²) in [5.41, 5.74) is 1.11. The van der Waals surface area contributed by atoms with Crippen molar-refractivity contribution < 1.29 is 5.11 Å². The van der Waals surface area contributed by atoms with Crippen molar-refractivity contribution >= 4 is 72.6 Å². The molecule has 0 saturated carbocycles. The number of hydrogen-bond donors (Lipinski definition) is 2. The third-order valence-corrected chi connectivity index (χ3v) is 5.81. The van der Waals surface area contributed by atoms with E-state index in [1.54, 1.807) is 0 Å². The topological polar surface area (TPSA) is 35.5 Å². The first-order valence-electron chi connectivity index (χ1n) is 6.98. The molecule has 0 radical (unpaired) electrons. The van der Waals surface area contributed by atoms with E-state index in [9.17, 15) is 5.11 Å². The van der Waals surface area contributed by atoms with Gasteiger partial charge in [-0.1, -0.05) is 22.0 Å². The van der Waals surface area contributed by atoms with Crippen LogP contribution in [0, 0.1) is 0 Å². The average Bonchev–Trinajstić information content (AvgIpc) is 2.49. The first-order chi connectivity index (χ1) is 10.1. The van der Waals surface area contributed by atoms with Crippen molar-refractivity contribution in [1.82, 2.24) is 10.2 Å². The number of nitrogens with one attached hydrogen (secondary N) is 1. The maximum absolute atomic E-state index is 10.2. The lowest BCUT2D eigenvalue weighted by atomic mass is 9.99. The van der Waals surface area contributed by atoms with Gasteiger partial charge in [-0.25, -0.2) is 0 Å². The third kappa shape index (κ3) is 5.87. The molecule has 0 aliphatic carbocycles. The number of nitrogens with zero attached hydrogens (tertiary/aromatic N) is 1. The fraction of sp³-hybridized carbons (Fsp3) is 0.467. The lowest BCUT2D eigenvalue weighted by Crippen LogP contribution is -2.45. The molecule has 0 unspecified atom stereocenters. The summed E-state index contributed by atoms with van der Waals surface area (Å²) in [6, 6.07) is 2.17. The number of benzene rings is 1. The molecule has 3 nitrogen and oxygen atoms in total. The van der Waals surface area contributed by atoms with Crippen LogP contribution in [0.4, 0.5) is 0 Å². The molecule has 1 aliphatic heterocycles. The van der Waals surface area contributed by atoms with Crippen molar-refractivity contribution in [2.24, 2.45) is 0 Å². The van der Waals surface area contributed by atoms with E-state index in [0.29, 0.717) is 4.47 Å². The molecule has 1 atom stereocenters. The van der Waals surface area contributed by atoms with Crippen LogP contribution < -0.4 is 5.32 Å². The molecule has 23 heavy (non-hydrogen) atoms. The Kier molecular flexibility index (Phi) is 11.7. The summed E-state index contributed by atoms with van der Waals surface area (Å²) in [5, 5.41) is 13.6. The van der Waals surface area contributed by atoms with Crippen LogP contribution in [0.25, 0.3) is 0 Å². The summed E-state index contributed by atoms with van der Waals surface area (Å²) in [5.74, 6) is 0.256. The summed E-state index contributed by atoms with van der Waals surface area (Å²) in [4.78, 5) is 2.47. The first kappa shape index (κ1) is 23.7. The van der Waals surface area contributed by atoms with Crippen molar-refractivity contribution in [3.05, 3.63) is 37.7 Å². The number of rotatable bonds is 5. The summed E-state index contributed by atoms with van der Waals surface area (Å²) in [6.07, 6.45) is 3.89. The van der Waals surface area contributed by atoms with Gasteiger partial charge in [-0.05, 0) is 50.8 Å². The zero-order chi connectivity index (χ0) is 15.4. The Morgan fingerprint density at radius 3 is 2.39 bits per heavy atom. The molecule has 1 aromatic rings. The molecule has 1 heterocycles. The van der Waals surface area contributed by atoms with Crippen molar-refractivity contribution in [2.75, 3.05) is 26.2 Å². The number of phenols is 1. The lowest BCUT2D eigenvalue weighted by molar-refractivity contribution is 0.165. The molecule has 1 saturated heterocycles. The van der Waals surface area contributed by atoms with E-state index in [1.807, 2.05) is 12.1 Å². The number of halogens is 5. The van der Waals surface area contributed by atoms with Gasteiger partial charge in [0.1, 0.15) is 5.75 Å². The van der Waals surface area contributed by atoms with E-state index < -0.39 is 0 Å². The SMILES string of the molecule is C=CCC[C@@H](c1c(Br)cc(Br)c(O)c1Br)N1CCNCC1.Cl.Cl. The Morgan fingerprint density at radius 2 is 1.83 bits per heavy atom. The number of hydrogen-bond acceptors (Lipinski definition) is 3. The van der Waals surface area contributed by atoms with E-state index in [-0.39, 0.29) is 36.6 Å². The molecule has 0 aromatic heterocycles. The van der Waals surface area contributed by atoms with Crippen LogP contribution in [0.15, 0.2) is 32.1 Å². The Balaban J connectivity index is 0.00000242. The minimum absolute atomic E-state index is 0. The van der Waals surface area contributed by atoms with Crippen LogP contribution in [0.5, 0.6) is 5.75 Å². The Hall–Kier alpha value is 0.700. The second-order valence-electron chi connectivity index (χ2n) is 5.08. The molecule has 0 bridgehead atoms. The van der Waals surface area contributed by atoms with Crippen molar-refractivity contribution in [1.29, 1.82) is 0 Å². The maximum atomic E-state index is 10.2. The van der Waals surface area contributed by atoms with Gasteiger partial charge >= 0.3 is 0 Å². The Bertz CT molecular complexity index is 526. The van der Waals surface area contributed by atoms with E-state index in [0.717, 1.165) is 53.5 Å². The molecular formula is C15H21Br3Cl2N2O. The number of aromatic hydroxyl groups is 1. The monoisotopic (exact) mass is 552 g/mol. The van der Waals surface area contributed by atoms with Crippen molar-refractivity contribution in [3.8, 4) is 5.75 Å². The quantitative estimate of drug-likeness (QED) is 0.475. The summed E-state index contributed by atoms with van der Waals surface area (Å²) < 4.78 is 2.45. The molecule has 2 rings (SSSR count). The van der Waals surface area contributed by atoms with Crippen LogP contribution in [0.2, 0.25) is 0 Å². The number of allylic oxidation sites excluding steroid dienone is 1. The third-order valence-electron chi connectivity index (χ3n) is 3.75. The molecule has 132 valence electrons. The van der Waals surface area contributed by atoms with Gasteiger partial charge in [0.05, 0.1) is 8.95 Å². The highest BCUT2D eigenvalue weighted by atomic mass is 79.9. The Morgan fingerprint density at radius 1 is 1.22 bits per heavy atom. The average molecular weight is 556 g/mol. The van der Waals surface area contributed by atoms with Gasteiger partial charge in [0, 0.05) is 42.3 Å². The second kappa shape index (κ2) is 11.3. The molecule has 2 N–H and O–H groups in total. The molecule has 1 fully saturated rings. The molecule has 0 amide bonds. The largest absolute Gasteiger partial charge is 0.506 e. The normalized spacial score (nSPS) is 16.1. The molecule has 1 aromatic carbocycles. The van der Waals surface area contributed by atoms with E-state index in [2.05, 4.69) is 64.6 Å². The number of phenolic OH excluding ortho intramolecular Hbond substituents is 1. The fourth-order valence-corrected chi connectivity index (χ4v) is 5.33. The predicted octanol–water partition coefficient (Wildman–Crippen LogP) is 5.44. The van der Waals surface area contributed by atoms with Gasteiger partial charge in [0.15, 0.2) is 0 Å². The zero-order valence-electron chi connectivity index (χ0n) is 12.5. The smallest absolute Gasteiger partial charge is 0.144 e. The van der Waals surface area contributed by atoms with Gasteiger partial charge < -0.3 is 10.4 Å². The second-order valence-corrected chi connectivity index (χ2v) is 7.59. The molecule has 1 aliphatic rings. The minimum Gasteiger partial charge on any atom is -0.506 e. The highest BCUT2D eigenvalue weighted by Gasteiger charge is 2.27. The summed E-state index contributed by atoms with van der Waals surface area (Å²) >= 11 is 10.6. The van der Waals surface area contributed by atoms with Gasteiger partial charge in [-0.15, -0.1) is 31.4 Å². The highest BCUT2D eigenvalue weighted by molar-refractivity contribution is 9.11. The maximum Gasteiger partial charge on any atom is 0.144 e. The predicted molar refractivity (Wildman–Crippen MR) is 112 cm³/mol. The summed E-state index contributed by atoms with van der Waals surface area (Å²) in [7, 11) is 0. The van der Waals surface area contributed by atoms with Crippen LogP contribution in [-0.4, -0.2) is 36.2 Å². The zero-order valence-corrected chi connectivity index (χ0v) is 18.9.